The molecule has 1 saturated heterocycles. The molecule has 0 atom stereocenters. The van der Waals surface area contributed by atoms with Crippen LogP contribution in [0.3, 0.4) is 0 Å². The van der Waals surface area contributed by atoms with E-state index in [9.17, 15) is 17.6 Å². The number of methoxy groups -OCH3 is 1. The largest absolute Gasteiger partial charge is 0.494 e. The molecule has 2 aromatic rings. The third kappa shape index (κ3) is 6.07. The molecule has 8 heteroatoms. The Bertz CT molecular complexity index is 1020. The van der Waals surface area contributed by atoms with E-state index >= 15 is 0 Å². The summed E-state index contributed by atoms with van der Waals surface area (Å²) < 4.78 is 46.1. The molecule has 0 bridgehead atoms. The Kier molecular flexibility index (Phi) is 8.26. The van der Waals surface area contributed by atoms with Gasteiger partial charge in [-0.15, -0.1) is 0 Å². The molecule has 0 aromatic heterocycles. The number of benzene rings is 2. The second kappa shape index (κ2) is 10.9. The molecule has 1 heterocycles. The molecule has 0 N–H and O–H groups in total. The zero-order valence-electron chi connectivity index (χ0n) is 18.7. The van der Waals surface area contributed by atoms with Gasteiger partial charge < -0.3 is 9.64 Å². The molecule has 1 aliphatic heterocycles. The number of nitrogens with zero attached hydrogens (tertiary/aromatic N) is 2. The van der Waals surface area contributed by atoms with Crippen LogP contribution in [0.25, 0.3) is 0 Å². The van der Waals surface area contributed by atoms with E-state index < -0.39 is 15.8 Å². The maximum absolute atomic E-state index is 13.9. The van der Waals surface area contributed by atoms with Crippen LogP contribution in [0.1, 0.15) is 43.2 Å². The number of sulfonamides is 1. The summed E-state index contributed by atoms with van der Waals surface area (Å²) in [5.74, 6) is -0.354. The van der Waals surface area contributed by atoms with E-state index in [0.717, 1.165) is 31.2 Å². The van der Waals surface area contributed by atoms with Gasteiger partial charge in [0.05, 0.1) is 12.0 Å². The molecular formula is C24H31FN2O4S. The normalized spacial score (nSPS) is 15.2. The van der Waals surface area contributed by atoms with E-state index in [1.807, 2.05) is 0 Å². The Morgan fingerprint density at radius 3 is 2.25 bits per heavy atom. The Labute approximate surface area is 190 Å². The van der Waals surface area contributed by atoms with Gasteiger partial charge in [0.1, 0.15) is 0 Å². The lowest BCUT2D eigenvalue weighted by molar-refractivity contribution is -0.130. The first kappa shape index (κ1) is 24.2. The monoisotopic (exact) mass is 462 g/mol. The SMILES string of the molecule is COc1ccc(CN(C)C(=O)CCc2ccc(S(=O)(=O)N3CCCCCC3)cc2)cc1F. The Morgan fingerprint density at radius 2 is 1.66 bits per heavy atom. The molecule has 2 aromatic carbocycles. The van der Waals surface area contributed by atoms with E-state index in [0.29, 0.717) is 36.5 Å². The van der Waals surface area contributed by atoms with Crippen molar-refractivity contribution in [2.24, 2.45) is 0 Å². The fourth-order valence-corrected chi connectivity index (χ4v) is 5.39. The smallest absolute Gasteiger partial charge is 0.243 e. The number of halogens is 1. The number of rotatable bonds is 8. The summed E-state index contributed by atoms with van der Waals surface area (Å²) in [7, 11) is -0.382. The number of ether oxygens (including phenoxy) is 1. The van der Waals surface area contributed by atoms with Crippen LogP contribution >= 0.6 is 0 Å². The van der Waals surface area contributed by atoms with E-state index in [-0.39, 0.29) is 18.1 Å². The van der Waals surface area contributed by atoms with Crippen LogP contribution in [0.15, 0.2) is 47.4 Å². The molecule has 0 aliphatic carbocycles. The lowest BCUT2D eigenvalue weighted by Crippen LogP contribution is -2.31. The van der Waals surface area contributed by atoms with Crippen molar-refractivity contribution in [2.45, 2.75) is 50.0 Å². The molecule has 1 amide bonds. The Morgan fingerprint density at radius 1 is 1.03 bits per heavy atom. The van der Waals surface area contributed by atoms with Crippen molar-refractivity contribution in [3.8, 4) is 5.75 Å². The van der Waals surface area contributed by atoms with Gasteiger partial charge in [-0.25, -0.2) is 12.8 Å². The van der Waals surface area contributed by atoms with Crippen molar-refractivity contribution in [3.63, 3.8) is 0 Å². The predicted octanol–water partition coefficient (Wildman–Crippen LogP) is 3.99. The van der Waals surface area contributed by atoms with Crippen molar-refractivity contribution < 1.29 is 22.3 Å². The highest BCUT2D eigenvalue weighted by Crippen LogP contribution is 2.22. The van der Waals surface area contributed by atoms with Crippen LogP contribution in [0.5, 0.6) is 5.75 Å². The third-order valence-electron chi connectivity index (χ3n) is 5.82. The first-order chi connectivity index (χ1) is 15.3. The third-order valence-corrected chi connectivity index (χ3v) is 7.73. The molecule has 6 nitrogen and oxygen atoms in total. The van der Waals surface area contributed by atoms with Crippen molar-refractivity contribution >= 4 is 15.9 Å². The van der Waals surface area contributed by atoms with Crippen LogP contribution in [0.4, 0.5) is 4.39 Å². The van der Waals surface area contributed by atoms with Gasteiger partial charge in [0.25, 0.3) is 0 Å². The van der Waals surface area contributed by atoms with Crippen LogP contribution in [-0.2, 0) is 27.8 Å². The quantitative estimate of drug-likeness (QED) is 0.595. The van der Waals surface area contributed by atoms with Crippen molar-refractivity contribution in [1.29, 1.82) is 0 Å². The molecule has 0 saturated carbocycles. The molecule has 32 heavy (non-hydrogen) atoms. The molecule has 0 radical (unpaired) electrons. The lowest BCUT2D eigenvalue weighted by Gasteiger charge is -2.20. The molecule has 0 spiro atoms. The van der Waals surface area contributed by atoms with Gasteiger partial charge >= 0.3 is 0 Å². The maximum Gasteiger partial charge on any atom is 0.243 e. The highest BCUT2D eigenvalue weighted by molar-refractivity contribution is 7.89. The highest BCUT2D eigenvalue weighted by atomic mass is 32.2. The van der Waals surface area contributed by atoms with Gasteiger partial charge in [-0.1, -0.05) is 31.0 Å². The summed E-state index contributed by atoms with van der Waals surface area (Å²) in [4.78, 5) is 14.4. The summed E-state index contributed by atoms with van der Waals surface area (Å²) in [6.45, 7) is 1.44. The topological polar surface area (TPSA) is 66.9 Å². The van der Waals surface area contributed by atoms with Crippen LogP contribution < -0.4 is 4.74 Å². The first-order valence-electron chi connectivity index (χ1n) is 11.0. The summed E-state index contributed by atoms with van der Waals surface area (Å²) in [6, 6.07) is 11.5. The summed E-state index contributed by atoms with van der Waals surface area (Å²) in [5.41, 5.74) is 1.58. The van der Waals surface area contributed by atoms with Gasteiger partial charge in [0.2, 0.25) is 15.9 Å². The molecule has 3 rings (SSSR count). The fourth-order valence-electron chi connectivity index (χ4n) is 3.87. The summed E-state index contributed by atoms with van der Waals surface area (Å²) in [6.07, 6.45) is 4.73. The number of amides is 1. The van der Waals surface area contributed by atoms with Gasteiger partial charge in [0, 0.05) is 33.1 Å². The number of hydrogen-bond acceptors (Lipinski definition) is 4. The van der Waals surface area contributed by atoms with Gasteiger partial charge in [0.15, 0.2) is 11.6 Å². The van der Waals surface area contributed by atoms with E-state index in [2.05, 4.69) is 0 Å². The number of hydrogen-bond donors (Lipinski definition) is 0. The van der Waals surface area contributed by atoms with Gasteiger partial charge in [-0.05, 0) is 54.7 Å². The molecular weight excluding hydrogens is 431 g/mol. The van der Waals surface area contributed by atoms with Crippen molar-refractivity contribution in [3.05, 3.63) is 59.4 Å². The van der Waals surface area contributed by atoms with Crippen LogP contribution in [0.2, 0.25) is 0 Å². The van der Waals surface area contributed by atoms with Crippen molar-refractivity contribution in [1.82, 2.24) is 9.21 Å². The lowest BCUT2D eigenvalue weighted by atomic mass is 10.1. The second-order valence-electron chi connectivity index (χ2n) is 8.18. The van der Waals surface area contributed by atoms with E-state index in [4.69, 9.17) is 4.74 Å². The zero-order chi connectivity index (χ0) is 23.1. The van der Waals surface area contributed by atoms with E-state index in [1.54, 1.807) is 52.7 Å². The minimum Gasteiger partial charge on any atom is -0.494 e. The summed E-state index contributed by atoms with van der Waals surface area (Å²) >= 11 is 0. The first-order valence-corrected chi connectivity index (χ1v) is 12.4. The minimum atomic E-state index is -3.47. The van der Waals surface area contributed by atoms with Gasteiger partial charge in [-0.3, -0.25) is 4.79 Å². The second-order valence-corrected chi connectivity index (χ2v) is 10.1. The highest BCUT2D eigenvalue weighted by Gasteiger charge is 2.25. The molecule has 1 aliphatic rings. The molecule has 1 fully saturated rings. The number of carbonyl (C=O) groups is 1. The minimum absolute atomic E-state index is 0.0671. The fraction of sp³-hybridized carbons (Fsp3) is 0.458. The van der Waals surface area contributed by atoms with Crippen molar-refractivity contribution in [2.75, 3.05) is 27.2 Å². The van der Waals surface area contributed by atoms with Crippen LogP contribution in [0, 0.1) is 5.82 Å². The Hall–Kier alpha value is -2.45. The average Bonchev–Trinajstić information content (AvgIpc) is 3.08. The van der Waals surface area contributed by atoms with Crippen LogP contribution in [-0.4, -0.2) is 50.8 Å². The molecule has 174 valence electrons. The maximum atomic E-state index is 13.9. The Balaban J connectivity index is 1.55. The summed E-state index contributed by atoms with van der Waals surface area (Å²) in [5, 5.41) is 0. The number of carbonyl (C=O) groups excluding carboxylic acids is 1. The average molecular weight is 463 g/mol. The number of aryl methyl sites for hydroxylation is 1. The molecule has 0 unspecified atom stereocenters. The van der Waals surface area contributed by atoms with Gasteiger partial charge in [-0.2, -0.15) is 4.31 Å². The predicted molar refractivity (Wildman–Crippen MR) is 121 cm³/mol. The zero-order valence-corrected chi connectivity index (χ0v) is 19.5. The standard InChI is InChI=1S/C24H31FN2O4S/c1-26(18-20-9-13-23(31-2)22(25)17-20)24(28)14-10-19-7-11-21(12-8-19)32(29,30)27-15-5-3-4-6-16-27/h7-9,11-13,17H,3-6,10,14-16,18H2,1-2H3. The van der Waals surface area contributed by atoms with E-state index in [1.165, 1.54) is 13.2 Å².